The van der Waals surface area contributed by atoms with Crippen LogP contribution in [0.3, 0.4) is 0 Å². The molecule has 66 valence electrons. The summed E-state index contributed by atoms with van der Waals surface area (Å²) in [5, 5.41) is 3.12. The van der Waals surface area contributed by atoms with Gasteiger partial charge in [0, 0.05) is 21.8 Å². The number of fused-ring (bicyclic) bond motifs is 1. The van der Waals surface area contributed by atoms with Crippen molar-refractivity contribution in [1.82, 2.24) is 4.98 Å². The Kier molecular flexibility index (Phi) is 1.97. The monoisotopic (exact) mass is 191 g/mol. The third-order valence-electron chi connectivity index (χ3n) is 2.11. The molecule has 0 amide bonds. The lowest BCUT2D eigenvalue weighted by molar-refractivity contribution is 1.15. The van der Waals surface area contributed by atoms with Crippen molar-refractivity contribution >= 4 is 22.4 Å². The van der Waals surface area contributed by atoms with Gasteiger partial charge in [0.05, 0.1) is 0 Å². The summed E-state index contributed by atoms with van der Waals surface area (Å²) in [6, 6.07) is 7.93. The molecule has 0 saturated heterocycles. The van der Waals surface area contributed by atoms with E-state index in [1.54, 1.807) is 0 Å². The van der Waals surface area contributed by atoms with Crippen LogP contribution in [0, 0.1) is 13.8 Å². The Bertz CT molecular complexity index is 458. The van der Waals surface area contributed by atoms with E-state index in [1.807, 2.05) is 38.1 Å². The van der Waals surface area contributed by atoms with Crippen LogP contribution in [0.15, 0.2) is 24.3 Å². The molecular weight excluding hydrogens is 182 g/mol. The first-order valence-electron chi connectivity index (χ1n) is 4.20. The Balaban J connectivity index is 2.86. The Morgan fingerprint density at radius 2 is 1.92 bits per heavy atom. The first kappa shape index (κ1) is 8.52. The number of aromatic nitrogens is 1. The van der Waals surface area contributed by atoms with E-state index in [9.17, 15) is 0 Å². The minimum Gasteiger partial charge on any atom is -0.258 e. The van der Waals surface area contributed by atoms with Gasteiger partial charge in [-0.2, -0.15) is 0 Å². The van der Waals surface area contributed by atoms with Gasteiger partial charge in [0.15, 0.2) is 0 Å². The second-order valence-electron chi connectivity index (χ2n) is 3.21. The lowest BCUT2D eigenvalue weighted by Gasteiger charge is -2.03. The van der Waals surface area contributed by atoms with Crippen LogP contribution in [-0.2, 0) is 0 Å². The standard InChI is InChI=1S/C11H10ClN/c1-7-5-9-6-10(12)3-4-11(9)8(2)13-7/h3-6H,1-2H3. The zero-order valence-electron chi connectivity index (χ0n) is 7.63. The first-order valence-corrected chi connectivity index (χ1v) is 4.58. The maximum Gasteiger partial charge on any atom is 0.0454 e. The summed E-state index contributed by atoms with van der Waals surface area (Å²) in [5.41, 5.74) is 2.10. The highest BCUT2D eigenvalue weighted by Crippen LogP contribution is 2.21. The SMILES string of the molecule is Cc1cc2cc(Cl)ccc2c(C)n1. The van der Waals surface area contributed by atoms with E-state index in [2.05, 4.69) is 4.98 Å². The number of hydrogen-bond acceptors (Lipinski definition) is 1. The van der Waals surface area contributed by atoms with Gasteiger partial charge in [0.25, 0.3) is 0 Å². The molecule has 1 nitrogen and oxygen atoms in total. The lowest BCUT2D eigenvalue weighted by Crippen LogP contribution is -1.87. The van der Waals surface area contributed by atoms with E-state index in [4.69, 9.17) is 11.6 Å². The van der Waals surface area contributed by atoms with Crippen molar-refractivity contribution in [2.75, 3.05) is 0 Å². The maximum atomic E-state index is 5.90. The van der Waals surface area contributed by atoms with Gasteiger partial charge in [0.2, 0.25) is 0 Å². The highest BCUT2D eigenvalue weighted by Gasteiger charge is 1.99. The molecule has 1 heterocycles. The van der Waals surface area contributed by atoms with Gasteiger partial charge in [-0.15, -0.1) is 0 Å². The largest absolute Gasteiger partial charge is 0.258 e. The molecule has 0 unspecified atom stereocenters. The van der Waals surface area contributed by atoms with Crippen molar-refractivity contribution in [3.63, 3.8) is 0 Å². The van der Waals surface area contributed by atoms with E-state index < -0.39 is 0 Å². The van der Waals surface area contributed by atoms with Crippen LogP contribution >= 0.6 is 11.6 Å². The number of rotatable bonds is 0. The Labute approximate surface area is 82.4 Å². The van der Waals surface area contributed by atoms with Gasteiger partial charge in [-0.1, -0.05) is 17.7 Å². The third-order valence-corrected chi connectivity index (χ3v) is 2.35. The molecule has 0 bridgehead atoms. The molecule has 0 aliphatic carbocycles. The average Bonchev–Trinajstić information content (AvgIpc) is 2.02. The molecule has 13 heavy (non-hydrogen) atoms. The van der Waals surface area contributed by atoms with E-state index in [0.717, 1.165) is 21.8 Å². The maximum absolute atomic E-state index is 5.90. The smallest absolute Gasteiger partial charge is 0.0454 e. The summed E-state index contributed by atoms with van der Waals surface area (Å²) < 4.78 is 0. The van der Waals surface area contributed by atoms with Gasteiger partial charge in [-0.25, -0.2) is 0 Å². The van der Waals surface area contributed by atoms with Gasteiger partial charge in [-0.3, -0.25) is 4.98 Å². The molecule has 0 radical (unpaired) electrons. The fourth-order valence-electron chi connectivity index (χ4n) is 1.56. The number of nitrogens with zero attached hydrogens (tertiary/aromatic N) is 1. The van der Waals surface area contributed by atoms with E-state index in [1.165, 1.54) is 5.39 Å². The summed E-state index contributed by atoms with van der Waals surface area (Å²) in [5.74, 6) is 0. The van der Waals surface area contributed by atoms with Crippen LogP contribution in [0.5, 0.6) is 0 Å². The summed E-state index contributed by atoms with van der Waals surface area (Å²) in [7, 11) is 0. The van der Waals surface area contributed by atoms with Crippen molar-refractivity contribution in [2.24, 2.45) is 0 Å². The molecule has 0 spiro atoms. The van der Waals surface area contributed by atoms with Crippen LogP contribution in [0.25, 0.3) is 10.8 Å². The predicted molar refractivity (Wildman–Crippen MR) is 56.2 cm³/mol. The van der Waals surface area contributed by atoms with Crippen LogP contribution < -0.4 is 0 Å². The van der Waals surface area contributed by atoms with Crippen LogP contribution in [0.4, 0.5) is 0 Å². The Morgan fingerprint density at radius 3 is 2.69 bits per heavy atom. The van der Waals surface area contributed by atoms with Gasteiger partial charge in [-0.05, 0) is 37.4 Å². The molecule has 0 aliphatic rings. The molecule has 0 atom stereocenters. The fraction of sp³-hybridized carbons (Fsp3) is 0.182. The quantitative estimate of drug-likeness (QED) is 0.621. The van der Waals surface area contributed by atoms with E-state index >= 15 is 0 Å². The molecule has 0 fully saturated rings. The minimum absolute atomic E-state index is 0.775. The molecule has 1 aromatic heterocycles. The number of hydrogen-bond donors (Lipinski definition) is 0. The molecular formula is C11H10ClN. The zero-order chi connectivity index (χ0) is 9.42. The summed E-state index contributed by atoms with van der Waals surface area (Å²) in [4.78, 5) is 4.39. The number of halogens is 1. The van der Waals surface area contributed by atoms with Crippen molar-refractivity contribution in [2.45, 2.75) is 13.8 Å². The van der Waals surface area contributed by atoms with Crippen molar-refractivity contribution in [1.29, 1.82) is 0 Å². The molecule has 0 aliphatic heterocycles. The van der Waals surface area contributed by atoms with Crippen LogP contribution in [0.1, 0.15) is 11.4 Å². The normalized spacial score (nSPS) is 10.7. The van der Waals surface area contributed by atoms with Crippen molar-refractivity contribution in [3.8, 4) is 0 Å². The topological polar surface area (TPSA) is 12.9 Å². The van der Waals surface area contributed by atoms with Crippen LogP contribution in [0.2, 0.25) is 5.02 Å². The zero-order valence-corrected chi connectivity index (χ0v) is 8.39. The lowest BCUT2D eigenvalue weighted by atomic mass is 10.1. The van der Waals surface area contributed by atoms with Gasteiger partial charge < -0.3 is 0 Å². The Morgan fingerprint density at radius 1 is 1.15 bits per heavy atom. The molecule has 2 heteroatoms. The van der Waals surface area contributed by atoms with Crippen molar-refractivity contribution < 1.29 is 0 Å². The highest BCUT2D eigenvalue weighted by molar-refractivity contribution is 6.31. The second-order valence-corrected chi connectivity index (χ2v) is 3.65. The molecule has 0 saturated carbocycles. The van der Waals surface area contributed by atoms with Gasteiger partial charge >= 0.3 is 0 Å². The van der Waals surface area contributed by atoms with Crippen LogP contribution in [-0.4, -0.2) is 4.98 Å². The number of aryl methyl sites for hydroxylation is 2. The predicted octanol–water partition coefficient (Wildman–Crippen LogP) is 3.51. The molecule has 2 aromatic rings. The first-order chi connectivity index (χ1) is 6.16. The summed E-state index contributed by atoms with van der Waals surface area (Å²) in [6.45, 7) is 4.01. The highest BCUT2D eigenvalue weighted by atomic mass is 35.5. The average molecular weight is 192 g/mol. The Hall–Kier alpha value is -1.08. The number of pyridine rings is 1. The minimum atomic E-state index is 0.775. The number of benzene rings is 1. The second kappa shape index (κ2) is 3.00. The van der Waals surface area contributed by atoms with E-state index in [0.29, 0.717) is 0 Å². The fourth-order valence-corrected chi connectivity index (χ4v) is 1.75. The molecule has 2 rings (SSSR count). The molecule has 0 N–H and O–H groups in total. The third kappa shape index (κ3) is 1.52. The summed E-state index contributed by atoms with van der Waals surface area (Å²) in [6.07, 6.45) is 0. The molecule has 1 aromatic carbocycles. The van der Waals surface area contributed by atoms with Crippen molar-refractivity contribution in [3.05, 3.63) is 40.7 Å². The van der Waals surface area contributed by atoms with Gasteiger partial charge in [0.1, 0.15) is 0 Å². The van der Waals surface area contributed by atoms with E-state index in [-0.39, 0.29) is 0 Å². The summed E-state index contributed by atoms with van der Waals surface area (Å²) >= 11 is 5.90.